The van der Waals surface area contributed by atoms with Crippen LogP contribution in [-0.2, 0) is 4.79 Å². The summed E-state index contributed by atoms with van der Waals surface area (Å²) < 4.78 is 18.4. The zero-order valence-corrected chi connectivity index (χ0v) is 11.9. The zero-order chi connectivity index (χ0) is 15.2. The number of benzene rings is 2. The van der Waals surface area contributed by atoms with E-state index in [4.69, 9.17) is 16.3 Å². The molecule has 0 fully saturated rings. The molecular weight excluding hydrogens is 295 g/mol. The lowest BCUT2D eigenvalue weighted by atomic mass is 9.96. The van der Waals surface area contributed by atoms with Gasteiger partial charge in [-0.3, -0.25) is 4.79 Å². The summed E-state index contributed by atoms with van der Waals surface area (Å²) in [5, 5.41) is 9.73. The molecule has 1 unspecified atom stereocenters. The Bertz CT molecular complexity index is 630. The van der Waals surface area contributed by atoms with Crippen LogP contribution in [-0.4, -0.2) is 17.7 Å². The van der Waals surface area contributed by atoms with Crippen LogP contribution in [0.25, 0.3) is 0 Å². The second-order valence-corrected chi connectivity index (χ2v) is 4.91. The summed E-state index contributed by atoms with van der Waals surface area (Å²) in [7, 11) is 0. The minimum absolute atomic E-state index is 0.158. The number of carboxylic acid groups (broad SMARTS) is 1. The van der Waals surface area contributed by atoms with E-state index in [1.807, 2.05) is 0 Å². The molecule has 2 aromatic rings. The molecule has 0 bridgehead atoms. The minimum Gasteiger partial charge on any atom is -0.493 e. The fourth-order valence-electron chi connectivity index (χ4n) is 2.02. The first-order valence-electron chi connectivity index (χ1n) is 6.43. The Kier molecular flexibility index (Phi) is 5.17. The summed E-state index contributed by atoms with van der Waals surface area (Å²) in [6.07, 6.45) is 0.246. The number of hydrogen-bond acceptors (Lipinski definition) is 2. The highest BCUT2D eigenvalue weighted by molar-refractivity contribution is 6.31. The van der Waals surface area contributed by atoms with Gasteiger partial charge in [-0.05, 0) is 30.2 Å². The van der Waals surface area contributed by atoms with Crippen LogP contribution in [0.5, 0.6) is 5.75 Å². The van der Waals surface area contributed by atoms with E-state index >= 15 is 0 Å². The third-order valence-electron chi connectivity index (χ3n) is 3.05. The number of ether oxygens (including phenoxy) is 1. The van der Waals surface area contributed by atoms with Crippen molar-refractivity contribution < 1.29 is 19.0 Å². The standard InChI is InChI=1S/C16H14ClFO3/c17-15-7-2-1-6-13(15)14(16(19)20)8-9-21-12-5-3-4-11(18)10-12/h1-7,10,14H,8-9H2,(H,19,20). The smallest absolute Gasteiger partial charge is 0.311 e. The van der Waals surface area contributed by atoms with E-state index in [1.54, 1.807) is 30.3 Å². The average molecular weight is 309 g/mol. The largest absolute Gasteiger partial charge is 0.493 e. The predicted molar refractivity (Wildman–Crippen MR) is 78.3 cm³/mol. The average Bonchev–Trinajstić information content (AvgIpc) is 2.44. The molecule has 0 saturated heterocycles. The highest BCUT2D eigenvalue weighted by atomic mass is 35.5. The zero-order valence-electron chi connectivity index (χ0n) is 11.1. The number of carbonyl (C=O) groups is 1. The summed E-state index contributed by atoms with van der Waals surface area (Å²) >= 11 is 6.03. The number of aliphatic carboxylic acids is 1. The van der Waals surface area contributed by atoms with Crippen LogP contribution in [0.3, 0.4) is 0 Å². The number of halogens is 2. The molecule has 21 heavy (non-hydrogen) atoms. The lowest BCUT2D eigenvalue weighted by Crippen LogP contribution is -2.15. The van der Waals surface area contributed by atoms with Gasteiger partial charge in [0, 0.05) is 11.1 Å². The molecule has 5 heteroatoms. The minimum atomic E-state index is -0.967. The molecule has 0 aliphatic carbocycles. The van der Waals surface area contributed by atoms with Crippen molar-refractivity contribution >= 4 is 17.6 Å². The first kappa shape index (κ1) is 15.3. The van der Waals surface area contributed by atoms with Crippen LogP contribution >= 0.6 is 11.6 Å². The van der Waals surface area contributed by atoms with Gasteiger partial charge >= 0.3 is 5.97 Å². The van der Waals surface area contributed by atoms with E-state index in [1.165, 1.54) is 18.2 Å². The molecule has 0 spiro atoms. The lowest BCUT2D eigenvalue weighted by Gasteiger charge is -2.14. The maximum atomic E-state index is 13.0. The van der Waals surface area contributed by atoms with Gasteiger partial charge < -0.3 is 9.84 Å². The van der Waals surface area contributed by atoms with Crippen molar-refractivity contribution in [1.29, 1.82) is 0 Å². The molecule has 2 aromatic carbocycles. The molecule has 110 valence electrons. The summed E-state index contributed by atoms with van der Waals surface area (Å²) in [5.74, 6) is -1.75. The Morgan fingerprint density at radius 2 is 2.00 bits per heavy atom. The van der Waals surface area contributed by atoms with Crippen molar-refractivity contribution in [2.24, 2.45) is 0 Å². The molecule has 2 rings (SSSR count). The maximum absolute atomic E-state index is 13.0. The second kappa shape index (κ2) is 7.09. The van der Waals surface area contributed by atoms with Gasteiger partial charge in [-0.15, -0.1) is 0 Å². The summed E-state index contributed by atoms with van der Waals surface area (Å²) in [5.41, 5.74) is 0.550. The van der Waals surface area contributed by atoms with Crippen molar-refractivity contribution in [1.82, 2.24) is 0 Å². The number of rotatable bonds is 6. The number of carboxylic acids is 1. The van der Waals surface area contributed by atoms with E-state index in [0.717, 1.165) is 0 Å². The first-order chi connectivity index (χ1) is 10.1. The molecule has 0 heterocycles. The summed E-state index contributed by atoms with van der Waals surface area (Å²) in [6.45, 7) is 0.158. The van der Waals surface area contributed by atoms with Gasteiger partial charge in [-0.25, -0.2) is 4.39 Å². The number of hydrogen-bond donors (Lipinski definition) is 1. The van der Waals surface area contributed by atoms with Crippen LogP contribution in [0.4, 0.5) is 4.39 Å². The van der Waals surface area contributed by atoms with E-state index < -0.39 is 17.7 Å². The predicted octanol–water partition coefficient (Wildman–Crippen LogP) is 4.12. The van der Waals surface area contributed by atoms with Crippen molar-refractivity contribution in [3.63, 3.8) is 0 Å². The lowest BCUT2D eigenvalue weighted by molar-refractivity contribution is -0.139. The Hall–Kier alpha value is -2.07. The Balaban J connectivity index is 2.02. The molecular formula is C16H14ClFO3. The highest BCUT2D eigenvalue weighted by Gasteiger charge is 2.22. The monoisotopic (exact) mass is 308 g/mol. The molecule has 0 aromatic heterocycles. The molecule has 1 N–H and O–H groups in total. The first-order valence-corrected chi connectivity index (χ1v) is 6.81. The van der Waals surface area contributed by atoms with Gasteiger partial charge in [0.15, 0.2) is 0 Å². The Labute approximate surface area is 126 Å². The molecule has 1 atom stereocenters. The van der Waals surface area contributed by atoms with Gasteiger partial charge in [0.2, 0.25) is 0 Å². The van der Waals surface area contributed by atoms with Gasteiger partial charge in [-0.1, -0.05) is 35.9 Å². The van der Waals surface area contributed by atoms with Gasteiger partial charge in [0.05, 0.1) is 12.5 Å². The van der Waals surface area contributed by atoms with E-state index in [-0.39, 0.29) is 13.0 Å². The van der Waals surface area contributed by atoms with Gasteiger partial charge in [0.25, 0.3) is 0 Å². The normalized spacial score (nSPS) is 11.9. The maximum Gasteiger partial charge on any atom is 0.311 e. The quantitative estimate of drug-likeness (QED) is 0.873. The topological polar surface area (TPSA) is 46.5 Å². The van der Waals surface area contributed by atoms with Crippen LogP contribution < -0.4 is 4.74 Å². The second-order valence-electron chi connectivity index (χ2n) is 4.51. The van der Waals surface area contributed by atoms with Crippen molar-refractivity contribution in [3.8, 4) is 5.75 Å². The Morgan fingerprint density at radius 1 is 1.24 bits per heavy atom. The van der Waals surface area contributed by atoms with Gasteiger partial charge in [-0.2, -0.15) is 0 Å². The molecule has 0 radical (unpaired) electrons. The highest BCUT2D eigenvalue weighted by Crippen LogP contribution is 2.27. The van der Waals surface area contributed by atoms with Crippen LogP contribution in [0, 0.1) is 5.82 Å². The van der Waals surface area contributed by atoms with E-state index in [0.29, 0.717) is 16.3 Å². The Morgan fingerprint density at radius 3 is 2.67 bits per heavy atom. The van der Waals surface area contributed by atoms with Crippen LogP contribution in [0.15, 0.2) is 48.5 Å². The summed E-state index contributed by atoms with van der Waals surface area (Å²) in [4.78, 5) is 11.4. The van der Waals surface area contributed by atoms with Crippen molar-refractivity contribution in [2.45, 2.75) is 12.3 Å². The van der Waals surface area contributed by atoms with Crippen LogP contribution in [0.1, 0.15) is 17.9 Å². The van der Waals surface area contributed by atoms with Crippen LogP contribution in [0.2, 0.25) is 5.02 Å². The molecule has 0 amide bonds. The molecule has 0 aliphatic heterocycles. The third-order valence-corrected chi connectivity index (χ3v) is 3.39. The van der Waals surface area contributed by atoms with Crippen molar-refractivity contribution in [3.05, 3.63) is 64.9 Å². The van der Waals surface area contributed by atoms with E-state index in [9.17, 15) is 14.3 Å². The van der Waals surface area contributed by atoms with Crippen molar-refractivity contribution in [2.75, 3.05) is 6.61 Å². The van der Waals surface area contributed by atoms with Gasteiger partial charge in [0.1, 0.15) is 11.6 Å². The molecule has 0 saturated carbocycles. The molecule has 0 aliphatic rings. The fraction of sp³-hybridized carbons (Fsp3) is 0.188. The van der Waals surface area contributed by atoms with E-state index in [2.05, 4.69) is 0 Å². The fourth-order valence-corrected chi connectivity index (χ4v) is 2.29. The third kappa shape index (κ3) is 4.20. The SMILES string of the molecule is O=C(O)C(CCOc1cccc(F)c1)c1ccccc1Cl. The molecule has 3 nitrogen and oxygen atoms in total. The summed E-state index contributed by atoms with van der Waals surface area (Å²) in [6, 6.07) is 12.5.